The molecule has 0 saturated heterocycles. The Morgan fingerprint density at radius 3 is 2.65 bits per heavy atom. The highest BCUT2D eigenvalue weighted by Gasteiger charge is 2.12. The second-order valence-corrected chi connectivity index (χ2v) is 7.11. The molecule has 0 aliphatic carbocycles. The van der Waals surface area contributed by atoms with Crippen molar-refractivity contribution < 1.29 is 13.9 Å². The Morgan fingerprint density at radius 1 is 1.06 bits per heavy atom. The predicted molar refractivity (Wildman–Crippen MR) is 117 cm³/mol. The molecule has 6 nitrogen and oxygen atoms in total. The van der Waals surface area contributed by atoms with Gasteiger partial charge in [0.1, 0.15) is 17.4 Å². The van der Waals surface area contributed by atoms with Crippen LogP contribution in [0.1, 0.15) is 11.4 Å². The van der Waals surface area contributed by atoms with Gasteiger partial charge in [-0.2, -0.15) is 0 Å². The summed E-state index contributed by atoms with van der Waals surface area (Å²) in [6.45, 7) is 3.36. The molecule has 0 atom stereocenters. The summed E-state index contributed by atoms with van der Waals surface area (Å²) in [6.07, 6.45) is 0. The Labute approximate surface area is 177 Å². The molecular weight excluding hydrogens is 397 g/mol. The Bertz CT molecular complexity index is 1350. The summed E-state index contributed by atoms with van der Waals surface area (Å²) in [6, 6.07) is 18.1. The number of benzene rings is 3. The molecule has 0 spiro atoms. The standard InChI is InChI=1S/C24H20FN3O3/c1-15-12-18(28-16(2)26-22-9-4-3-8-20(22)24(28)30)10-11-21(15)27-23(29)14-31-19-7-5-6-17(25)13-19/h3-13H,14H2,1-2H3,(H,27,29). The van der Waals surface area contributed by atoms with Crippen molar-refractivity contribution in [2.45, 2.75) is 13.8 Å². The molecule has 0 unspecified atom stereocenters. The normalized spacial score (nSPS) is 10.8. The van der Waals surface area contributed by atoms with E-state index in [1.165, 1.54) is 18.2 Å². The van der Waals surface area contributed by atoms with E-state index in [-0.39, 0.29) is 23.8 Å². The fourth-order valence-corrected chi connectivity index (χ4v) is 3.37. The molecule has 1 amide bonds. The summed E-state index contributed by atoms with van der Waals surface area (Å²) in [5.41, 5.74) is 2.53. The number of nitrogens with zero attached hydrogens (tertiary/aromatic N) is 2. The number of aryl methyl sites for hydroxylation is 2. The van der Waals surface area contributed by atoms with Crippen molar-refractivity contribution in [1.82, 2.24) is 9.55 Å². The van der Waals surface area contributed by atoms with Crippen molar-refractivity contribution >= 4 is 22.5 Å². The number of anilines is 1. The fraction of sp³-hybridized carbons (Fsp3) is 0.125. The molecule has 4 aromatic rings. The van der Waals surface area contributed by atoms with Gasteiger partial charge in [0.25, 0.3) is 11.5 Å². The van der Waals surface area contributed by atoms with E-state index in [1.54, 1.807) is 41.8 Å². The first kappa shape index (κ1) is 20.3. The number of para-hydroxylation sites is 1. The number of amides is 1. The van der Waals surface area contributed by atoms with E-state index in [1.807, 2.05) is 25.1 Å². The van der Waals surface area contributed by atoms with E-state index in [0.29, 0.717) is 28.1 Å². The average molecular weight is 417 g/mol. The van der Waals surface area contributed by atoms with Crippen LogP contribution in [0.25, 0.3) is 16.6 Å². The SMILES string of the molecule is Cc1cc(-n2c(C)nc3ccccc3c2=O)ccc1NC(=O)COc1cccc(F)c1. The lowest BCUT2D eigenvalue weighted by molar-refractivity contribution is -0.118. The molecule has 0 aliphatic rings. The number of fused-ring (bicyclic) bond motifs is 1. The highest BCUT2D eigenvalue weighted by atomic mass is 19.1. The van der Waals surface area contributed by atoms with Crippen LogP contribution in [-0.4, -0.2) is 22.1 Å². The molecule has 1 aromatic heterocycles. The Balaban J connectivity index is 1.54. The van der Waals surface area contributed by atoms with E-state index >= 15 is 0 Å². The quantitative estimate of drug-likeness (QED) is 0.529. The zero-order valence-electron chi connectivity index (χ0n) is 17.1. The monoisotopic (exact) mass is 417 g/mol. The minimum Gasteiger partial charge on any atom is -0.484 e. The lowest BCUT2D eigenvalue weighted by Gasteiger charge is -2.14. The topological polar surface area (TPSA) is 73.2 Å². The number of hydrogen-bond donors (Lipinski definition) is 1. The first-order chi connectivity index (χ1) is 14.9. The zero-order chi connectivity index (χ0) is 22.0. The average Bonchev–Trinajstić information content (AvgIpc) is 2.74. The van der Waals surface area contributed by atoms with Gasteiger partial charge in [0.2, 0.25) is 0 Å². The molecule has 4 rings (SSSR count). The molecule has 7 heteroatoms. The maximum Gasteiger partial charge on any atom is 0.265 e. The minimum absolute atomic E-state index is 0.150. The number of nitrogens with one attached hydrogen (secondary N) is 1. The van der Waals surface area contributed by atoms with Gasteiger partial charge in [-0.15, -0.1) is 0 Å². The molecule has 0 radical (unpaired) electrons. The highest BCUT2D eigenvalue weighted by Crippen LogP contribution is 2.20. The van der Waals surface area contributed by atoms with Crippen LogP contribution in [0.3, 0.4) is 0 Å². The smallest absolute Gasteiger partial charge is 0.265 e. The van der Waals surface area contributed by atoms with Crippen LogP contribution >= 0.6 is 0 Å². The van der Waals surface area contributed by atoms with Gasteiger partial charge >= 0.3 is 0 Å². The number of hydrogen-bond acceptors (Lipinski definition) is 4. The van der Waals surface area contributed by atoms with Crippen LogP contribution in [-0.2, 0) is 4.79 Å². The molecule has 0 aliphatic heterocycles. The zero-order valence-corrected chi connectivity index (χ0v) is 17.1. The van der Waals surface area contributed by atoms with Crippen molar-refractivity contribution in [2.75, 3.05) is 11.9 Å². The molecule has 1 heterocycles. The third kappa shape index (κ3) is 4.30. The van der Waals surface area contributed by atoms with Crippen LogP contribution < -0.4 is 15.6 Å². The second-order valence-electron chi connectivity index (χ2n) is 7.11. The van der Waals surface area contributed by atoms with Gasteiger partial charge in [-0.25, -0.2) is 9.37 Å². The van der Waals surface area contributed by atoms with Crippen LogP contribution in [0.4, 0.5) is 10.1 Å². The molecule has 0 fully saturated rings. The number of carbonyl (C=O) groups is 1. The third-order valence-corrected chi connectivity index (χ3v) is 4.85. The van der Waals surface area contributed by atoms with E-state index < -0.39 is 5.82 Å². The predicted octanol–water partition coefficient (Wildman–Crippen LogP) is 4.16. The maximum atomic E-state index is 13.2. The second kappa shape index (κ2) is 8.39. The largest absolute Gasteiger partial charge is 0.484 e. The highest BCUT2D eigenvalue weighted by molar-refractivity contribution is 5.92. The Morgan fingerprint density at radius 2 is 1.87 bits per heavy atom. The number of ether oxygens (including phenoxy) is 1. The van der Waals surface area contributed by atoms with Crippen LogP contribution in [0, 0.1) is 19.7 Å². The Hall–Kier alpha value is -4.00. The van der Waals surface area contributed by atoms with Crippen LogP contribution in [0.5, 0.6) is 5.75 Å². The number of aromatic nitrogens is 2. The lowest BCUT2D eigenvalue weighted by atomic mass is 10.1. The number of rotatable bonds is 5. The molecule has 0 bridgehead atoms. The van der Waals surface area contributed by atoms with Crippen LogP contribution in [0.15, 0.2) is 71.5 Å². The summed E-state index contributed by atoms with van der Waals surface area (Å²) in [5, 5.41) is 3.31. The van der Waals surface area contributed by atoms with E-state index in [4.69, 9.17) is 4.74 Å². The van der Waals surface area contributed by atoms with Gasteiger partial charge in [0.05, 0.1) is 16.6 Å². The fourth-order valence-electron chi connectivity index (χ4n) is 3.37. The molecule has 1 N–H and O–H groups in total. The molecular formula is C24H20FN3O3. The van der Waals surface area contributed by atoms with Crippen molar-refractivity contribution in [1.29, 1.82) is 0 Å². The molecule has 0 saturated carbocycles. The summed E-state index contributed by atoms with van der Waals surface area (Å²) in [7, 11) is 0. The summed E-state index contributed by atoms with van der Waals surface area (Å²) in [4.78, 5) is 29.7. The van der Waals surface area contributed by atoms with Crippen molar-refractivity contribution in [3.8, 4) is 11.4 Å². The van der Waals surface area contributed by atoms with Crippen molar-refractivity contribution in [3.05, 3.63) is 94.3 Å². The van der Waals surface area contributed by atoms with Gasteiger partial charge in [0.15, 0.2) is 6.61 Å². The van der Waals surface area contributed by atoms with Gasteiger partial charge in [-0.05, 0) is 61.9 Å². The lowest BCUT2D eigenvalue weighted by Crippen LogP contribution is -2.23. The third-order valence-electron chi connectivity index (χ3n) is 4.85. The summed E-state index contributed by atoms with van der Waals surface area (Å²) < 4.78 is 20.1. The van der Waals surface area contributed by atoms with Gasteiger partial charge in [-0.1, -0.05) is 18.2 Å². The first-order valence-electron chi connectivity index (χ1n) is 9.70. The maximum absolute atomic E-state index is 13.2. The van der Waals surface area contributed by atoms with Gasteiger partial charge in [-0.3, -0.25) is 14.2 Å². The minimum atomic E-state index is -0.432. The van der Waals surface area contributed by atoms with Gasteiger partial charge < -0.3 is 10.1 Å². The van der Waals surface area contributed by atoms with E-state index in [0.717, 1.165) is 5.56 Å². The summed E-state index contributed by atoms with van der Waals surface area (Å²) in [5.74, 6) is 0.0446. The number of carbonyl (C=O) groups excluding carboxylic acids is 1. The summed E-state index contributed by atoms with van der Waals surface area (Å²) >= 11 is 0. The van der Waals surface area contributed by atoms with Crippen molar-refractivity contribution in [2.24, 2.45) is 0 Å². The Kier molecular flexibility index (Phi) is 5.49. The van der Waals surface area contributed by atoms with E-state index in [9.17, 15) is 14.0 Å². The van der Waals surface area contributed by atoms with Crippen molar-refractivity contribution in [3.63, 3.8) is 0 Å². The van der Waals surface area contributed by atoms with E-state index in [2.05, 4.69) is 10.3 Å². The first-order valence-corrected chi connectivity index (χ1v) is 9.70. The van der Waals surface area contributed by atoms with Gasteiger partial charge in [0, 0.05) is 11.8 Å². The number of halogens is 1. The van der Waals surface area contributed by atoms with Crippen LogP contribution in [0.2, 0.25) is 0 Å². The molecule has 31 heavy (non-hydrogen) atoms. The molecule has 3 aromatic carbocycles. The molecule has 156 valence electrons.